The fraction of sp³-hybridized carbons (Fsp3) is 0.276. The first kappa shape index (κ1) is 25.8. The first-order valence-corrected chi connectivity index (χ1v) is 11.7. The quantitative estimate of drug-likeness (QED) is 0.300. The minimum Gasteiger partial charge on any atom is -0.388 e. The first-order chi connectivity index (χ1) is 17.0. The Morgan fingerprint density at radius 2 is 1.69 bits per heavy atom. The number of aldehydes is 1. The van der Waals surface area contributed by atoms with Gasteiger partial charge in [-0.05, 0) is 54.2 Å². The molecular formula is C29H33N3O3. The van der Waals surface area contributed by atoms with Crippen LogP contribution in [0.3, 0.4) is 0 Å². The summed E-state index contributed by atoms with van der Waals surface area (Å²) in [6.45, 7) is 0.655. The van der Waals surface area contributed by atoms with Crippen LogP contribution in [-0.4, -0.2) is 49.7 Å². The van der Waals surface area contributed by atoms with E-state index in [1.807, 2.05) is 77.7 Å². The van der Waals surface area contributed by atoms with Crippen LogP contribution in [0.4, 0.5) is 0 Å². The number of hydrogen-bond donors (Lipinski definition) is 2. The van der Waals surface area contributed by atoms with Crippen molar-refractivity contribution in [1.29, 1.82) is 5.41 Å². The van der Waals surface area contributed by atoms with Crippen molar-refractivity contribution in [2.45, 2.75) is 25.3 Å². The monoisotopic (exact) mass is 471 g/mol. The number of rotatable bonds is 7. The van der Waals surface area contributed by atoms with Crippen molar-refractivity contribution in [1.82, 2.24) is 4.90 Å². The van der Waals surface area contributed by atoms with Crippen molar-refractivity contribution < 1.29 is 14.3 Å². The highest BCUT2D eigenvalue weighted by atomic mass is 16.4. The second kappa shape index (κ2) is 12.6. The van der Waals surface area contributed by atoms with Crippen LogP contribution < -0.4 is 5.73 Å². The molecular weight excluding hydrogens is 438 g/mol. The van der Waals surface area contributed by atoms with Gasteiger partial charge in [-0.25, -0.2) is 0 Å². The number of hydrogen-bond acceptors (Lipinski definition) is 4. The maximum Gasteiger partial charge on any atom is 0.254 e. The summed E-state index contributed by atoms with van der Waals surface area (Å²) in [7, 11) is 3.25. The lowest BCUT2D eigenvalue weighted by Crippen LogP contribution is -2.41. The van der Waals surface area contributed by atoms with Crippen LogP contribution in [0.2, 0.25) is 0 Å². The SMILES string of the molecule is COC.N=C(N)c1cccc(CC(C=O)C2CCCN2C(=O)c2ccc(-c3ccccc3)cc2)c1. The summed E-state index contributed by atoms with van der Waals surface area (Å²) < 4.78 is 4.25. The maximum atomic E-state index is 13.3. The Morgan fingerprint density at radius 1 is 1.03 bits per heavy atom. The van der Waals surface area contributed by atoms with Gasteiger partial charge in [0.15, 0.2) is 0 Å². The van der Waals surface area contributed by atoms with Gasteiger partial charge < -0.3 is 20.2 Å². The maximum absolute atomic E-state index is 13.3. The molecule has 6 heteroatoms. The molecule has 6 nitrogen and oxygen atoms in total. The van der Waals surface area contributed by atoms with Crippen molar-refractivity contribution >= 4 is 18.0 Å². The summed E-state index contributed by atoms with van der Waals surface area (Å²) in [5, 5.41) is 7.64. The fourth-order valence-corrected chi connectivity index (χ4v) is 4.50. The Labute approximate surface area is 207 Å². The minimum atomic E-state index is -0.299. The van der Waals surface area contributed by atoms with E-state index in [0.29, 0.717) is 24.1 Å². The number of nitrogens with two attached hydrogens (primary N) is 1. The average Bonchev–Trinajstić information content (AvgIpc) is 3.38. The average molecular weight is 472 g/mol. The van der Waals surface area contributed by atoms with Crippen LogP contribution in [0.1, 0.15) is 34.3 Å². The Morgan fingerprint density at radius 3 is 2.31 bits per heavy atom. The van der Waals surface area contributed by atoms with Gasteiger partial charge >= 0.3 is 0 Å². The molecule has 1 heterocycles. The van der Waals surface area contributed by atoms with Gasteiger partial charge in [0, 0.05) is 43.9 Å². The van der Waals surface area contributed by atoms with Gasteiger partial charge in [0.1, 0.15) is 12.1 Å². The van der Waals surface area contributed by atoms with E-state index in [4.69, 9.17) is 11.1 Å². The van der Waals surface area contributed by atoms with Crippen LogP contribution in [0.5, 0.6) is 0 Å². The molecule has 0 aliphatic carbocycles. The van der Waals surface area contributed by atoms with E-state index in [-0.39, 0.29) is 23.7 Å². The molecule has 35 heavy (non-hydrogen) atoms. The lowest BCUT2D eigenvalue weighted by Gasteiger charge is -2.29. The largest absolute Gasteiger partial charge is 0.388 e. The molecule has 1 fully saturated rings. The van der Waals surface area contributed by atoms with E-state index in [2.05, 4.69) is 4.74 Å². The third-order valence-corrected chi connectivity index (χ3v) is 6.18. The van der Waals surface area contributed by atoms with E-state index < -0.39 is 0 Å². The van der Waals surface area contributed by atoms with Gasteiger partial charge in [0.2, 0.25) is 0 Å². The molecule has 1 amide bonds. The smallest absolute Gasteiger partial charge is 0.254 e. The molecule has 1 aliphatic rings. The number of benzene rings is 3. The summed E-state index contributed by atoms with van der Waals surface area (Å²) in [4.78, 5) is 27.2. The summed E-state index contributed by atoms with van der Waals surface area (Å²) in [5.41, 5.74) is 10.0. The van der Waals surface area contributed by atoms with Crippen LogP contribution in [0.15, 0.2) is 78.9 Å². The molecule has 0 bridgehead atoms. The molecule has 182 valence electrons. The van der Waals surface area contributed by atoms with Crippen molar-refractivity contribution in [3.63, 3.8) is 0 Å². The van der Waals surface area contributed by atoms with E-state index >= 15 is 0 Å². The lowest BCUT2D eigenvalue weighted by molar-refractivity contribution is -0.112. The van der Waals surface area contributed by atoms with Gasteiger partial charge in [-0.2, -0.15) is 0 Å². The molecule has 3 N–H and O–H groups in total. The molecule has 4 rings (SSSR count). The number of ether oxygens (including phenoxy) is 1. The molecule has 2 unspecified atom stereocenters. The number of methoxy groups -OCH3 is 1. The Bertz CT molecular complexity index is 1130. The molecule has 3 aromatic carbocycles. The van der Waals surface area contributed by atoms with Crippen molar-refractivity contribution in [3.8, 4) is 11.1 Å². The second-order valence-electron chi connectivity index (χ2n) is 8.68. The van der Waals surface area contributed by atoms with Crippen LogP contribution in [0, 0.1) is 11.3 Å². The number of nitrogens with zero attached hydrogens (tertiary/aromatic N) is 1. The normalized spacial score (nSPS) is 15.6. The molecule has 0 radical (unpaired) electrons. The van der Waals surface area contributed by atoms with Crippen LogP contribution in [-0.2, 0) is 16.0 Å². The van der Waals surface area contributed by atoms with Crippen molar-refractivity contribution in [2.75, 3.05) is 20.8 Å². The molecule has 0 aromatic heterocycles. The molecule has 0 saturated carbocycles. The number of carbonyl (C=O) groups is 2. The van der Waals surface area contributed by atoms with E-state index in [9.17, 15) is 9.59 Å². The zero-order valence-electron chi connectivity index (χ0n) is 20.3. The van der Waals surface area contributed by atoms with Gasteiger partial charge in [-0.3, -0.25) is 10.2 Å². The van der Waals surface area contributed by atoms with E-state index in [0.717, 1.165) is 35.8 Å². The van der Waals surface area contributed by atoms with E-state index in [1.165, 1.54) is 0 Å². The molecule has 3 aromatic rings. The molecule has 1 saturated heterocycles. The minimum absolute atomic E-state index is 0.00567. The highest BCUT2D eigenvalue weighted by Gasteiger charge is 2.35. The molecule has 1 aliphatic heterocycles. The lowest BCUT2D eigenvalue weighted by atomic mass is 9.90. The van der Waals surface area contributed by atoms with Crippen molar-refractivity contribution in [3.05, 3.63) is 95.6 Å². The van der Waals surface area contributed by atoms with Crippen molar-refractivity contribution in [2.24, 2.45) is 11.7 Å². The highest BCUT2D eigenvalue weighted by molar-refractivity contribution is 5.96. The van der Waals surface area contributed by atoms with Crippen LogP contribution in [0.25, 0.3) is 11.1 Å². The standard InChI is InChI=1S/C27H27N3O2.C2H6O/c28-26(29)23-9-4-6-19(16-23)17-24(18-31)25-10-5-15-30(25)27(32)22-13-11-21(12-14-22)20-7-2-1-3-8-20;1-3-2/h1-4,6-9,11-14,16,18,24-25H,5,10,15,17H2,(H3,28,29);1-2H3. The number of nitrogens with one attached hydrogen (secondary N) is 1. The van der Waals surface area contributed by atoms with Gasteiger partial charge in [-0.1, -0.05) is 60.7 Å². The Hall–Kier alpha value is -3.77. The summed E-state index contributed by atoms with van der Waals surface area (Å²) in [6.07, 6.45) is 3.18. The zero-order chi connectivity index (χ0) is 25.2. The highest BCUT2D eigenvalue weighted by Crippen LogP contribution is 2.28. The van der Waals surface area contributed by atoms with Gasteiger partial charge in [0.05, 0.1) is 0 Å². The zero-order valence-corrected chi connectivity index (χ0v) is 20.3. The number of nitrogen functional groups attached to an aromatic ring is 1. The van der Waals surface area contributed by atoms with Gasteiger partial charge in [-0.15, -0.1) is 0 Å². The topological polar surface area (TPSA) is 96.5 Å². The number of amides is 1. The Kier molecular flexibility index (Phi) is 9.32. The third kappa shape index (κ3) is 6.64. The number of likely N-dealkylation sites (tertiary alicyclic amines) is 1. The number of carbonyl (C=O) groups excluding carboxylic acids is 2. The second-order valence-corrected chi connectivity index (χ2v) is 8.68. The molecule has 0 spiro atoms. The summed E-state index contributed by atoms with van der Waals surface area (Å²) >= 11 is 0. The first-order valence-electron chi connectivity index (χ1n) is 11.7. The van der Waals surface area contributed by atoms with E-state index in [1.54, 1.807) is 20.3 Å². The van der Waals surface area contributed by atoms with Crippen LogP contribution >= 0.6 is 0 Å². The Balaban J connectivity index is 0.00000108. The predicted molar refractivity (Wildman–Crippen MR) is 140 cm³/mol. The predicted octanol–water partition coefficient (Wildman–Crippen LogP) is 4.56. The van der Waals surface area contributed by atoms with Gasteiger partial charge in [0.25, 0.3) is 5.91 Å². The number of amidine groups is 1. The summed E-state index contributed by atoms with van der Waals surface area (Å²) in [5.74, 6) is -0.324. The molecule has 2 atom stereocenters. The summed E-state index contributed by atoms with van der Waals surface area (Å²) in [6, 6.07) is 25.0. The third-order valence-electron chi connectivity index (χ3n) is 6.18. The fourth-order valence-electron chi connectivity index (χ4n) is 4.50.